The summed E-state index contributed by atoms with van der Waals surface area (Å²) in [6.45, 7) is 6.20. The molecule has 5 heteroatoms. The predicted octanol–water partition coefficient (Wildman–Crippen LogP) is 3.05. The number of carbonyl (C=O) groups excluding carboxylic acids is 1. The normalized spacial score (nSPS) is 13.6. The van der Waals surface area contributed by atoms with Gasteiger partial charge in [0, 0.05) is 13.1 Å². The smallest absolute Gasteiger partial charge is 0.315 e. The topological polar surface area (TPSA) is 70.6 Å². The third-order valence-electron chi connectivity index (χ3n) is 4.42. The Morgan fingerprint density at radius 1 is 1.17 bits per heavy atom. The molecule has 1 atom stereocenters. The van der Waals surface area contributed by atoms with Crippen LogP contribution < -0.4 is 15.4 Å². The first-order chi connectivity index (χ1) is 11.3. The first kappa shape index (κ1) is 18.1. The molecule has 0 aromatic heterocycles. The van der Waals surface area contributed by atoms with Crippen LogP contribution >= 0.6 is 0 Å². The van der Waals surface area contributed by atoms with Gasteiger partial charge in [0.1, 0.15) is 5.75 Å². The van der Waals surface area contributed by atoms with Crippen molar-refractivity contribution in [3.63, 3.8) is 0 Å². The lowest BCUT2D eigenvalue weighted by Crippen LogP contribution is -2.47. The lowest BCUT2D eigenvalue weighted by Gasteiger charge is -2.27. The maximum Gasteiger partial charge on any atom is 0.315 e. The third-order valence-corrected chi connectivity index (χ3v) is 4.42. The van der Waals surface area contributed by atoms with Crippen molar-refractivity contribution in [2.24, 2.45) is 5.92 Å². The second kappa shape index (κ2) is 7.53. The van der Waals surface area contributed by atoms with Crippen molar-refractivity contribution in [2.45, 2.75) is 32.9 Å². The molecule has 2 rings (SSSR count). The van der Waals surface area contributed by atoms with Gasteiger partial charge in [-0.3, -0.25) is 0 Å². The van der Waals surface area contributed by atoms with Crippen LogP contribution in [0.2, 0.25) is 0 Å². The van der Waals surface area contributed by atoms with E-state index in [4.69, 9.17) is 4.74 Å². The average Bonchev–Trinajstić information content (AvgIpc) is 2.57. The van der Waals surface area contributed by atoms with E-state index in [2.05, 4.69) is 10.6 Å². The van der Waals surface area contributed by atoms with Gasteiger partial charge in [-0.1, -0.05) is 32.0 Å². The number of urea groups is 1. The van der Waals surface area contributed by atoms with Crippen molar-refractivity contribution in [3.8, 4) is 5.75 Å². The molecule has 2 aromatic carbocycles. The van der Waals surface area contributed by atoms with Crippen LogP contribution in [-0.2, 0) is 6.54 Å². The number of benzene rings is 2. The van der Waals surface area contributed by atoms with E-state index in [1.165, 1.54) is 0 Å². The standard InChI is InChI=1S/C19H26N2O3/c1-13(2)19(3,23)12-21-18(22)20-11-14-5-6-16-10-17(24-4)8-7-15(16)9-14/h5-10,13,23H,11-12H2,1-4H3,(H2,20,21,22). The van der Waals surface area contributed by atoms with E-state index in [0.29, 0.717) is 6.54 Å². The van der Waals surface area contributed by atoms with Crippen molar-refractivity contribution in [1.82, 2.24) is 10.6 Å². The van der Waals surface area contributed by atoms with Gasteiger partial charge in [0.05, 0.1) is 12.7 Å². The van der Waals surface area contributed by atoms with Crippen LogP contribution in [0.3, 0.4) is 0 Å². The number of rotatable bonds is 6. The van der Waals surface area contributed by atoms with Crippen molar-refractivity contribution < 1.29 is 14.6 Å². The van der Waals surface area contributed by atoms with Gasteiger partial charge in [-0.05, 0) is 47.4 Å². The number of hydrogen-bond donors (Lipinski definition) is 3. The van der Waals surface area contributed by atoms with Crippen molar-refractivity contribution in [3.05, 3.63) is 42.0 Å². The van der Waals surface area contributed by atoms with Crippen LogP contribution in [0.25, 0.3) is 10.8 Å². The lowest BCUT2D eigenvalue weighted by molar-refractivity contribution is 0.0166. The number of nitrogens with one attached hydrogen (secondary N) is 2. The quantitative estimate of drug-likeness (QED) is 0.762. The first-order valence-electron chi connectivity index (χ1n) is 8.12. The number of carbonyl (C=O) groups is 1. The molecule has 2 amide bonds. The Balaban J connectivity index is 1.92. The zero-order valence-electron chi connectivity index (χ0n) is 14.7. The zero-order chi connectivity index (χ0) is 17.7. The van der Waals surface area contributed by atoms with Gasteiger partial charge >= 0.3 is 6.03 Å². The summed E-state index contributed by atoms with van der Waals surface area (Å²) in [7, 11) is 1.65. The molecule has 2 aromatic rings. The second-order valence-corrected chi connectivity index (χ2v) is 6.60. The van der Waals surface area contributed by atoms with Gasteiger partial charge in [-0.2, -0.15) is 0 Å². The van der Waals surface area contributed by atoms with E-state index in [1.807, 2.05) is 50.2 Å². The summed E-state index contributed by atoms with van der Waals surface area (Å²) < 4.78 is 5.22. The van der Waals surface area contributed by atoms with E-state index in [9.17, 15) is 9.90 Å². The number of methoxy groups -OCH3 is 1. The first-order valence-corrected chi connectivity index (χ1v) is 8.12. The SMILES string of the molecule is COc1ccc2cc(CNC(=O)NCC(C)(O)C(C)C)ccc2c1. The highest BCUT2D eigenvalue weighted by Gasteiger charge is 2.25. The molecule has 3 N–H and O–H groups in total. The lowest BCUT2D eigenvalue weighted by atomic mass is 9.93. The molecule has 0 heterocycles. The van der Waals surface area contributed by atoms with Crippen LogP contribution in [0.4, 0.5) is 4.79 Å². The van der Waals surface area contributed by atoms with Crippen LogP contribution in [-0.4, -0.2) is 30.4 Å². The van der Waals surface area contributed by atoms with E-state index in [1.54, 1.807) is 14.0 Å². The molecule has 0 fully saturated rings. The number of aliphatic hydroxyl groups is 1. The molecule has 5 nitrogen and oxygen atoms in total. The van der Waals surface area contributed by atoms with E-state index in [0.717, 1.165) is 22.1 Å². The summed E-state index contributed by atoms with van der Waals surface area (Å²) in [5.41, 5.74) is 0.0951. The zero-order valence-corrected chi connectivity index (χ0v) is 14.7. The number of ether oxygens (including phenoxy) is 1. The summed E-state index contributed by atoms with van der Waals surface area (Å²) in [6.07, 6.45) is 0. The predicted molar refractivity (Wildman–Crippen MR) is 96.2 cm³/mol. The molecule has 0 aliphatic rings. The van der Waals surface area contributed by atoms with Crippen LogP contribution in [0, 0.1) is 5.92 Å². The molecule has 0 aliphatic carbocycles. The fourth-order valence-corrected chi connectivity index (χ4v) is 2.22. The summed E-state index contributed by atoms with van der Waals surface area (Å²) in [5.74, 6) is 0.889. The Morgan fingerprint density at radius 2 is 1.83 bits per heavy atom. The van der Waals surface area contributed by atoms with E-state index < -0.39 is 5.60 Å². The summed E-state index contributed by atoms with van der Waals surface area (Å²) in [6, 6.07) is 11.6. The maximum atomic E-state index is 11.9. The van der Waals surface area contributed by atoms with Crippen LogP contribution in [0.15, 0.2) is 36.4 Å². The molecule has 0 saturated heterocycles. The molecule has 130 valence electrons. The van der Waals surface area contributed by atoms with Crippen LogP contribution in [0.1, 0.15) is 26.3 Å². The van der Waals surface area contributed by atoms with Crippen molar-refractivity contribution in [1.29, 1.82) is 0 Å². The van der Waals surface area contributed by atoms with Crippen molar-refractivity contribution >= 4 is 16.8 Å². The van der Waals surface area contributed by atoms with Crippen molar-refractivity contribution in [2.75, 3.05) is 13.7 Å². The Morgan fingerprint density at radius 3 is 2.50 bits per heavy atom. The Labute approximate surface area is 143 Å². The molecule has 0 radical (unpaired) electrons. The minimum absolute atomic E-state index is 0.0651. The maximum absolute atomic E-state index is 11.9. The van der Waals surface area contributed by atoms with Gasteiger partial charge in [0.15, 0.2) is 0 Å². The molecule has 0 saturated carbocycles. The summed E-state index contributed by atoms with van der Waals surface area (Å²) >= 11 is 0. The van der Waals surface area contributed by atoms with Gasteiger partial charge in [0.2, 0.25) is 0 Å². The number of fused-ring (bicyclic) bond motifs is 1. The fourth-order valence-electron chi connectivity index (χ4n) is 2.22. The minimum Gasteiger partial charge on any atom is -0.497 e. The minimum atomic E-state index is -0.917. The van der Waals surface area contributed by atoms with Gasteiger partial charge in [0.25, 0.3) is 0 Å². The fraction of sp³-hybridized carbons (Fsp3) is 0.421. The molecule has 0 aliphatic heterocycles. The molecule has 1 unspecified atom stereocenters. The molecule has 0 spiro atoms. The Kier molecular flexibility index (Phi) is 5.67. The Bertz CT molecular complexity index is 711. The second-order valence-electron chi connectivity index (χ2n) is 6.60. The largest absolute Gasteiger partial charge is 0.497 e. The van der Waals surface area contributed by atoms with E-state index >= 15 is 0 Å². The van der Waals surface area contributed by atoms with Gasteiger partial charge in [-0.15, -0.1) is 0 Å². The number of amides is 2. The molecule has 0 bridgehead atoms. The number of hydrogen-bond acceptors (Lipinski definition) is 3. The summed E-state index contributed by atoms with van der Waals surface area (Å²) in [5, 5.41) is 17.8. The highest BCUT2D eigenvalue weighted by Crippen LogP contribution is 2.21. The Hall–Kier alpha value is -2.27. The van der Waals surface area contributed by atoms with Gasteiger partial charge < -0.3 is 20.5 Å². The highest BCUT2D eigenvalue weighted by molar-refractivity contribution is 5.84. The monoisotopic (exact) mass is 330 g/mol. The molecular weight excluding hydrogens is 304 g/mol. The van der Waals surface area contributed by atoms with Crippen LogP contribution in [0.5, 0.6) is 5.75 Å². The average molecular weight is 330 g/mol. The third kappa shape index (κ3) is 4.61. The molecular formula is C19H26N2O3. The summed E-state index contributed by atoms with van der Waals surface area (Å²) in [4.78, 5) is 11.9. The highest BCUT2D eigenvalue weighted by atomic mass is 16.5. The molecule has 24 heavy (non-hydrogen) atoms. The van der Waals surface area contributed by atoms with Gasteiger partial charge in [-0.25, -0.2) is 4.79 Å². The van der Waals surface area contributed by atoms with E-state index in [-0.39, 0.29) is 18.5 Å².